The highest BCUT2D eigenvalue weighted by Gasteiger charge is 2.25. The Balaban J connectivity index is 0.000000596. The number of aliphatic hydroxyl groups excluding tert-OH is 1. The molecule has 0 aliphatic heterocycles. The molecule has 0 aliphatic carbocycles. The zero-order chi connectivity index (χ0) is 41.6. The second kappa shape index (κ2) is 26.3. The summed E-state index contributed by atoms with van der Waals surface area (Å²) in [5.74, 6) is -0.164. The Kier molecular flexibility index (Phi) is 23.6. The van der Waals surface area contributed by atoms with Crippen LogP contribution in [0.1, 0.15) is 117 Å². The summed E-state index contributed by atoms with van der Waals surface area (Å²) in [6.45, 7) is 20.9. The van der Waals surface area contributed by atoms with Crippen molar-refractivity contribution in [3.63, 3.8) is 0 Å². The lowest BCUT2D eigenvalue weighted by atomic mass is 10.0. The predicted molar refractivity (Wildman–Crippen MR) is 212 cm³/mol. The summed E-state index contributed by atoms with van der Waals surface area (Å²) in [5.41, 5.74) is 2.98. The number of ketones is 2. The number of pyridine rings is 2. The van der Waals surface area contributed by atoms with E-state index in [1.807, 2.05) is 58.9 Å². The van der Waals surface area contributed by atoms with Gasteiger partial charge in [-0.3, -0.25) is 29.1 Å². The van der Waals surface area contributed by atoms with Gasteiger partial charge in [0.05, 0.1) is 6.61 Å². The predicted octanol–water partition coefficient (Wildman–Crippen LogP) is 5.63. The highest BCUT2D eigenvalue weighted by atomic mass is 16.7. The van der Waals surface area contributed by atoms with Crippen LogP contribution in [-0.2, 0) is 59.3 Å². The Hall–Kier alpha value is -3.62. The highest BCUT2D eigenvalue weighted by molar-refractivity contribution is 5.80. The molecule has 2 rings (SSSR count). The maximum absolute atomic E-state index is 12.5. The molecular weight excluding hydrogens is 704 g/mol. The number of carbonyl (C=O) groups is 4. The maximum Gasteiger partial charge on any atom is 0.323 e. The van der Waals surface area contributed by atoms with Gasteiger partial charge in [-0.05, 0) is 94.4 Å². The van der Waals surface area contributed by atoms with Crippen LogP contribution >= 0.6 is 0 Å². The molecule has 2 aromatic rings. The first-order valence-electron chi connectivity index (χ1n) is 19.4. The average molecular weight is 773 g/mol. The van der Waals surface area contributed by atoms with Crippen molar-refractivity contribution in [2.75, 3.05) is 19.8 Å². The number of nitrogens with zero attached hydrogens (tertiary/aromatic N) is 2. The quantitative estimate of drug-likeness (QED) is 0.0720. The lowest BCUT2D eigenvalue weighted by molar-refractivity contribution is -0.158. The van der Waals surface area contributed by atoms with E-state index in [4.69, 9.17) is 24.4 Å². The summed E-state index contributed by atoms with van der Waals surface area (Å²) in [4.78, 5) is 55.5. The molecule has 0 saturated heterocycles. The van der Waals surface area contributed by atoms with Crippen molar-refractivity contribution in [1.82, 2.24) is 20.6 Å². The smallest absolute Gasteiger partial charge is 0.323 e. The van der Waals surface area contributed by atoms with E-state index in [1.54, 1.807) is 19.3 Å². The number of ether oxygens (including phenoxy) is 3. The molecule has 0 radical (unpaired) electrons. The maximum atomic E-state index is 12.5. The second-order valence-electron chi connectivity index (χ2n) is 16.2. The van der Waals surface area contributed by atoms with E-state index in [0.717, 1.165) is 22.5 Å². The minimum Gasteiger partial charge on any atom is -0.480 e. The van der Waals surface area contributed by atoms with E-state index < -0.39 is 24.2 Å². The number of aromatic nitrogens is 2. The van der Waals surface area contributed by atoms with Crippen LogP contribution < -0.4 is 10.6 Å². The average Bonchev–Trinajstić information content (AvgIpc) is 3.11. The van der Waals surface area contributed by atoms with Crippen LogP contribution in [0.25, 0.3) is 0 Å². The number of carboxylic acids is 1. The molecule has 1 unspecified atom stereocenters. The van der Waals surface area contributed by atoms with E-state index in [0.29, 0.717) is 69.6 Å². The first kappa shape index (κ1) is 49.4. The number of hydrogen-bond donors (Lipinski definition) is 4. The Morgan fingerprint density at radius 3 is 1.62 bits per heavy atom. The number of Topliss-reactive ketones (excluding diaryl/α,β-unsaturated/α-hetero) is 2. The third-order valence-corrected chi connectivity index (χ3v) is 7.92. The normalized spacial score (nSPS) is 13.3. The third kappa shape index (κ3) is 24.5. The second-order valence-corrected chi connectivity index (χ2v) is 16.2. The summed E-state index contributed by atoms with van der Waals surface area (Å²) in [6.07, 6.45) is 6.06. The summed E-state index contributed by atoms with van der Waals surface area (Å²) in [5, 5.41) is 24.1. The van der Waals surface area contributed by atoms with Crippen molar-refractivity contribution in [3.8, 4) is 0 Å². The number of aryl methyl sites for hydroxylation is 2. The molecule has 0 fully saturated rings. The molecule has 0 saturated carbocycles. The molecule has 310 valence electrons. The van der Waals surface area contributed by atoms with Crippen LogP contribution in [0.15, 0.2) is 36.7 Å². The fourth-order valence-electron chi connectivity index (χ4n) is 5.02. The number of hydrogen-bond acceptors (Lipinski definition) is 12. The third-order valence-electron chi connectivity index (χ3n) is 7.92. The standard InChI is InChI=1S/C26H44N2O5.C16H24N2O4/c1-18(2)13-24(25(30)33-26(6,7)8)28-15-21-9-10-22(27-14-21)11-12-23(29)17-32-20(5)31-16-19(3)4;1-11(2)7-15(16(21)22)18-9-12-3-4-13(17-8-12)5-6-14(20)10-19/h9-10,14,18-20,24,28H,11-13,15-17H2,1-8H3;3-4,8,11,15,18-19H,5-7,9-10H2,1-2H3,(H,21,22)/t20?,24-;15-/m00/s1. The Bertz CT molecular complexity index is 1410. The topological polar surface area (TPSA) is 186 Å². The van der Waals surface area contributed by atoms with E-state index in [1.165, 1.54) is 0 Å². The van der Waals surface area contributed by atoms with Gasteiger partial charge < -0.3 is 35.1 Å². The number of carboxylic acid groups (broad SMARTS) is 1. The zero-order valence-corrected chi connectivity index (χ0v) is 34.9. The minimum absolute atomic E-state index is 0.0245. The van der Waals surface area contributed by atoms with Crippen molar-refractivity contribution in [3.05, 3.63) is 59.2 Å². The van der Waals surface area contributed by atoms with Gasteiger partial charge in [0, 0.05) is 49.7 Å². The number of carbonyl (C=O) groups excluding carboxylic acids is 3. The fourth-order valence-corrected chi connectivity index (χ4v) is 5.02. The molecular formula is C42H68N4O9. The van der Waals surface area contributed by atoms with Crippen molar-refractivity contribution in [1.29, 1.82) is 0 Å². The zero-order valence-electron chi connectivity index (χ0n) is 34.9. The van der Waals surface area contributed by atoms with Gasteiger partial charge in [-0.2, -0.15) is 0 Å². The molecule has 13 nitrogen and oxygen atoms in total. The number of aliphatic carboxylic acids is 1. The summed E-state index contributed by atoms with van der Waals surface area (Å²) >= 11 is 0. The molecule has 55 heavy (non-hydrogen) atoms. The van der Waals surface area contributed by atoms with Crippen LogP contribution in [0.4, 0.5) is 0 Å². The first-order valence-corrected chi connectivity index (χ1v) is 19.4. The van der Waals surface area contributed by atoms with Crippen LogP contribution in [-0.4, -0.2) is 87.5 Å². The Morgan fingerprint density at radius 2 is 1.20 bits per heavy atom. The van der Waals surface area contributed by atoms with Crippen molar-refractivity contribution >= 4 is 23.5 Å². The Labute approximate surface area is 328 Å². The minimum atomic E-state index is -0.846. The summed E-state index contributed by atoms with van der Waals surface area (Å²) in [6, 6.07) is 6.65. The lowest BCUT2D eigenvalue weighted by Gasteiger charge is -2.25. The van der Waals surface area contributed by atoms with Gasteiger partial charge in [-0.15, -0.1) is 0 Å². The Morgan fingerprint density at radius 1 is 0.709 bits per heavy atom. The number of rotatable bonds is 25. The SMILES string of the molecule is CC(C)COC(C)OCC(=O)CCc1ccc(CN[C@@H](CC(C)C)C(=O)OC(C)(C)C)cn1.CC(C)C[C@H](NCc1ccc(CCC(=O)CO)nc1)C(=O)O. The van der Waals surface area contributed by atoms with Gasteiger partial charge in [0.15, 0.2) is 17.9 Å². The number of esters is 1. The largest absolute Gasteiger partial charge is 0.480 e. The highest BCUT2D eigenvalue weighted by Crippen LogP contribution is 2.14. The van der Waals surface area contributed by atoms with Crippen LogP contribution in [0.2, 0.25) is 0 Å². The van der Waals surface area contributed by atoms with Gasteiger partial charge in [-0.25, -0.2) is 0 Å². The fraction of sp³-hybridized carbons (Fsp3) is 0.667. The molecule has 2 aromatic heterocycles. The number of nitrogens with one attached hydrogen (secondary N) is 2. The van der Waals surface area contributed by atoms with Crippen molar-refractivity contribution < 1.29 is 43.6 Å². The molecule has 0 amide bonds. The molecule has 0 spiro atoms. The molecule has 0 bridgehead atoms. The van der Waals surface area contributed by atoms with Crippen LogP contribution in [0.5, 0.6) is 0 Å². The van der Waals surface area contributed by atoms with E-state index >= 15 is 0 Å². The number of aliphatic hydroxyl groups is 1. The van der Waals surface area contributed by atoms with Gasteiger partial charge in [-0.1, -0.05) is 53.7 Å². The molecule has 3 atom stereocenters. The molecule has 2 heterocycles. The molecule has 0 aliphatic rings. The van der Waals surface area contributed by atoms with E-state index in [-0.39, 0.29) is 42.9 Å². The van der Waals surface area contributed by atoms with E-state index in [2.05, 4.69) is 48.3 Å². The van der Waals surface area contributed by atoms with Gasteiger partial charge in [0.25, 0.3) is 0 Å². The van der Waals surface area contributed by atoms with Crippen molar-refractivity contribution in [2.45, 2.75) is 145 Å². The van der Waals surface area contributed by atoms with E-state index in [9.17, 15) is 19.2 Å². The monoisotopic (exact) mass is 772 g/mol. The molecule has 13 heteroatoms. The molecule has 4 N–H and O–H groups in total. The first-order chi connectivity index (χ1) is 25.8. The van der Waals surface area contributed by atoms with Gasteiger partial charge in [0.1, 0.15) is 30.9 Å². The van der Waals surface area contributed by atoms with Crippen molar-refractivity contribution in [2.24, 2.45) is 17.8 Å². The lowest BCUT2D eigenvalue weighted by Crippen LogP contribution is -2.41. The van der Waals surface area contributed by atoms with Crippen LogP contribution in [0, 0.1) is 17.8 Å². The molecule has 0 aromatic carbocycles. The summed E-state index contributed by atoms with van der Waals surface area (Å²) in [7, 11) is 0. The van der Waals surface area contributed by atoms with Gasteiger partial charge >= 0.3 is 11.9 Å². The van der Waals surface area contributed by atoms with Crippen LogP contribution in [0.3, 0.4) is 0 Å². The van der Waals surface area contributed by atoms with Gasteiger partial charge in [0.2, 0.25) is 0 Å². The summed E-state index contributed by atoms with van der Waals surface area (Å²) < 4.78 is 16.5.